The van der Waals surface area contributed by atoms with Gasteiger partial charge in [0, 0.05) is 27.7 Å². The zero-order valence-electron chi connectivity index (χ0n) is 26.1. The van der Waals surface area contributed by atoms with Crippen molar-refractivity contribution in [2.24, 2.45) is 0 Å². The van der Waals surface area contributed by atoms with Gasteiger partial charge in [0.25, 0.3) is 0 Å². The molecule has 1 heterocycles. The summed E-state index contributed by atoms with van der Waals surface area (Å²) in [6, 6.07) is 52.2. The molecule has 6 aromatic carbocycles. The third-order valence-corrected chi connectivity index (χ3v) is 9.19. The molecule has 1 aliphatic carbocycles. The second-order valence-corrected chi connectivity index (χ2v) is 12.4. The summed E-state index contributed by atoms with van der Waals surface area (Å²) in [5, 5.41) is 9.85. The number of hydrogen-bond donors (Lipinski definition) is 0. The van der Waals surface area contributed by atoms with Crippen LogP contribution in [-0.2, 0) is 5.41 Å². The molecule has 0 N–H and O–H groups in total. The molecule has 0 fully saturated rings. The third-order valence-electron chi connectivity index (χ3n) is 9.19. The van der Waals surface area contributed by atoms with Crippen LogP contribution in [0.25, 0.3) is 67.5 Å². The zero-order chi connectivity index (χ0) is 32.0. The fourth-order valence-electron chi connectivity index (χ4n) is 6.69. The number of fused-ring (bicyclic) bond motifs is 3. The van der Waals surface area contributed by atoms with Crippen molar-refractivity contribution in [1.29, 1.82) is 5.26 Å². The fourth-order valence-corrected chi connectivity index (χ4v) is 6.69. The Hall–Kier alpha value is -6.18. The molecule has 222 valence electrons. The largest absolute Gasteiger partial charge is 0.208 e. The van der Waals surface area contributed by atoms with E-state index in [-0.39, 0.29) is 5.41 Å². The SMILES string of the molecule is CC1(C)c2cc(-c3cccc(-c4nc(-c5ccccc5)nc(-c5ccc(-c6ccccc6)cc5)n4)c3)ccc2-c2c(C#N)cccc21. The van der Waals surface area contributed by atoms with Crippen LogP contribution >= 0.6 is 0 Å². The van der Waals surface area contributed by atoms with Gasteiger partial charge in [0.2, 0.25) is 0 Å². The predicted octanol–water partition coefficient (Wildman–Crippen LogP) is 10.4. The van der Waals surface area contributed by atoms with E-state index in [1.165, 1.54) is 16.7 Å². The van der Waals surface area contributed by atoms with Crippen molar-refractivity contribution >= 4 is 0 Å². The molecular formula is C43H30N4. The average molecular weight is 603 g/mol. The van der Waals surface area contributed by atoms with Crippen LogP contribution in [0.5, 0.6) is 0 Å². The van der Waals surface area contributed by atoms with Crippen LogP contribution in [0.2, 0.25) is 0 Å². The highest BCUT2D eigenvalue weighted by Gasteiger charge is 2.37. The van der Waals surface area contributed by atoms with E-state index in [0.29, 0.717) is 17.5 Å². The lowest BCUT2D eigenvalue weighted by Gasteiger charge is -2.22. The molecule has 4 heteroatoms. The normalized spacial score (nSPS) is 12.6. The molecule has 0 saturated carbocycles. The van der Waals surface area contributed by atoms with E-state index < -0.39 is 0 Å². The molecule has 4 nitrogen and oxygen atoms in total. The minimum atomic E-state index is -0.213. The summed E-state index contributed by atoms with van der Waals surface area (Å²) < 4.78 is 0. The van der Waals surface area contributed by atoms with Crippen LogP contribution in [0.15, 0.2) is 146 Å². The minimum Gasteiger partial charge on any atom is -0.208 e. The molecule has 7 aromatic rings. The summed E-state index contributed by atoms with van der Waals surface area (Å²) in [6.45, 7) is 4.48. The molecule has 0 unspecified atom stereocenters. The molecule has 0 saturated heterocycles. The number of nitrogens with zero attached hydrogens (tertiary/aromatic N) is 4. The number of rotatable bonds is 5. The molecule has 0 amide bonds. The smallest absolute Gasteiger partial charge is 0.164 e. The summed E-state index contributed by atoms with van der Waals surface area (Å²) in [5.41, 5.74) is 12.4. The van der Waals surface area contributed by atoms with Crippen LogP contribution in [0.4, 0.5) is 0 Å². The van der Waals surface area contributed by atoms with E-state index in [4.69, 9.17) is 15.0 Å². The molecule has 1 aliphatic rings. The van der Waals surface area contributed by atoms with Crippen molar-refractivity contribution in [3.05, 3.63) is 162 Å². The van der Waals surface area contributed by atoms with Gasteiger partial charge < -0.3 is 0 Å². The van der Waals surface area contributed by atoms with Crippen molar-refractivity contribution in [1.82, 2.24) is 15.0 Å². The number of aromatic nitrogens is 3. The Kier molecular flexibility index (Phi) is 6.82. The minimum absolute atomic E-state index is 0.213. The Labute approximate surface area is 274 Å². The molecule has 0 radical (unpaired) electrons. The molecule has 8 rings (SSSR count). The van der Waals surface area contributed by atoms with Crippen molar-refractivity contribution < 1.29 is 0 Å². The monoisotopic (exact) mass is 602 g/mol. The van der Waals surface area contributed by atoms with Gasteiger partial charge in [-0.2, -0.15) is 5.26 Å². The molecular weight excluding hydrogens is 573 g/mol. The predicted molar refractivity (Wildman–Crippen MR) is 189 cm³/mol. The third kappa shape index (κ3) is 4.99. The first-order valence-electron chi connectivity index (χ1n) is 15.8. The molecule has 0 spiro atoms. The Morgan fingerprint density at radius 3 is 1.62 bits per heavy atom. The molecule has 0 atom stereocenters. The van der Waals surface area contributed by atoms with Crippen molar-refractivity contribution in [3.8, 4) is 73.6 Å². The van der Waals surface area contributed by atoms with E-state index in [9.17, 15) is 5.26 Å². The van der Waals surface area contributed by atoms with Crippen molar-refractivity contribution in [3.63, 3.8) is 0 Å². The van der Waals surface area contributed by atoms with Crippen LogP contribution in [-0.4, -0.2) is 15.0 Å². The quantitative estimate of drug-likeness (QED) is 0.197. The Morgan fingerprint density at radius 1 is 0.447 bits per heavy atom. The van der Waals surface area contributed by atoms with Gasteiger partial charge in [0.15, 0.2) is 17.5 Å². The lowest BCUT2D eigenvalue weighted by Crippen LogP contribution is -2.15. The first-order chi connectivity index (χ1) is 23.0. The zero-order valence-corrected chi connectivity index (χ0v) is 26.1. The average Bonchev–Trinajstić information content (AvgIpc) is 3.38. The van der Waals surface area contributed by atoms with Crippen molar-refractivity contribution in [2.75, 3.05) is 0 Å². The first kappa shape index (κ1) is 28.3. The van der Waals surface area contributed by atoms with Crippen LogP contribution in [0.3, 0.4) is 0 Å². The van der Waals surface area contributed by atoms with Crippen LogP contribution in [0.1, 0.15) is 30.5 Å². The van der Waals surface area contributed by atoms with E-state index in [0.717, 1.165) is 50.1 Å². The van der Waals surface area contributed by atoms with Gasteiger partial charge in [0.1, 0.15) is 0 Å². The molecule has 0 bridgehead atoms. The second-order valence-electron chi connectivity index (χ2n) is 12.4. The second kappa shape index (κ2) is 11.3. The summed E-state index contributed by atoms with van der Waals surface area (Å²) in [5.74, 6) is 1.88. The van der Waals surface area contributed by atoms with Gasteiger partial charge in [0.05, 0.1) is 11.6 Å². The van der Waals surface area contributed by atoms with E-state index in [2.05, 4.69) is 117 Å². The molecule has 47 heavy (non-hydrogen) atoms. The van der Waals surface area contributed by atoms with Gasteiger partial charge in [-0.1, -0.05) is 141 Å². The molecule has 0 aliphatic heterocycles. The maximum atomic E-state index is 9.85. The summed E-state index contributed by atoms with van der Waals surface area (Å²) in [7, 11) is 0. The van der Waals surface area contributed by atoms with Crippen molar-refractivity contribution in [2.45, 2.75) is 19.3 Å². The van der Waals surface area contributed by atoms with E-state index in [1.807, 2.05) is 48.5 Å². The number of benzene rings is 6. The van der Waals surface area contributed by atoms with Gasteiger partial charge in [-0.25, -0.2) is 15.0 Å². The van der Waals surface area contributed by atoms with E-state index >= 15 is 0 Å². The van der Waals surface area contributed by atoms with E-state index in [1.54, 1.807) is 0 Å². The number of nitriles is 1. The van der Waals surface area contributed by atoms with Crippen LogP contribution in [0, 0.1) is 11.3 Å². The topological polar surface area (TPSA) is 62.5 Å². The Bertz CT molecular complexity index is 2320. The summed E-state index contributed by atoms with van der Waals surface area (Å²) in [6.07, 6.45) is 0. The highest BCUT2D eigenvalue weighted by atomic mass is 15.0. The van der Waals surface area contributed by atoms with Gasteiger partial charge in [-0.3, -0.25) is 0 Å². The Morgan fingerprint density at radius 2 is 0.936 bits per heavy atom. The first-order valence-corrected chi connectivity index (χ1v) is 15.8. The maximum Gasteiger partial charge on any atom is 0.164 e. The van der Waals surface area contributed by atoms with Gasteiger partial charge >= 0.3 is 0 Å². The Balaban J connectivity index is 1.21. The lowest BCUT2D eigenvalue weighted by atomic mass is 9.81. The highest BCUT2D eigenvalue weighted by Crippen LogP contribution is 2.50. The summed E-state index contributed by atoms with van der Waals surface area (Å²) >= 11 is 0. The maximum absolute atomic E-state index is 9.85. The van der Waals surface area contributed by atoms with Crippen LogP contribution < -0.4 is 0 Å². The number of hydrogen-bond acceptors (Lipinski definition) is 4. The summed E-state index contributed by atoms with van der Waals surface area (Å²) in [4.78, 5) is 14.9. The fraction of sp³-hybridized carbons (Fsp3) is 0.0698. The molecule has 1 aromatic heterocycles. The lowest BCUT2D eigenvalue weighted by molar-refractivity contribution is 0.660. The van der Waals surface area contributed by atoms with Gasteiger partial charge in [-0.05, 0) is 57.1 Å². The highest BCUT2D eigenvalue weighted by molar-refractivity contribution is 5.87. The van der Waals surface area contributed by atoms with Gasteiger partial charge in [-0.15, -0.1) is 0 Å². The standard InChI is InChI=1S/C43H30N4/c1-43(2)37-18-10-17-35(27-44)39(37)36-24-23-33(26-38(36)43)32-15-9-16-34(25-32)42-46-40(30-13-7-4-8-14-30)45-41(47-42)31-21-19-29(20-22-31)28-11-5-3-6-12-28/h3-26H,1-2H3.